The van der Waals surface area contributed by atoms with Crippen molar-refractivity contribution < 1.29 is 0 Å². The monoisotopic (exact) mass is 387 g/mol. The molecule has 0 aliphatic heterocycles. The van der Waals surface area contributed by atoms with E-state index in [0.29, 0.717) is 0 Å². The largest absolute Gasteiger partial charge is 0.324 e. The van der Waals surface area contributed by atoms with Crippen LogP contribution in [0.3, 0.4) is 0 Å². The lowest BCUT2D eigenvalue weighted by Crippen LogP contribution is -2.16. The second kappa shape index (κ2) is 7.24. The van der Waals surface area contributed by atoms with Crippen LogP contribution in [0, 0.1) is 12.8 Å². The van der Waals surface area contributed by atoms with Gasteiger partial charge in [0.15, 0.2) is 0 Å². The van der Waals surface area contributed by atoms with Gasteiger partial charge in [-0.15, -0.1) is 0 Å². The molecule has 1 atom stereocenters. The average Bonchev–Trinajstić information content (AvgIpc) is 2.62. The minimum atomic E-state index is 0.148. The van der Waals surface area contributed by atoms with Crippen LogP contribution >= 0.6 is 31.9 Å². The minimum Gasteiger partial charge on any atom is -0.324 e. The zero-order valence-corrected chi connectivity index (χ0v) is 14.8. The first-order valence-corrected chi connectivity index (χ1v) is 8.87. The van der Waals surface area contributed by atoms with Gasteiger partial charge in [-0.2, -0.15) is 0 Å². The van der Waals surface area contributed by atoms with E-state index in [2.05, 4.69) is 50.9 Å². The summed E-state index contributed by atoms with van der Waals surface area (Å²) in [6.45, 7) is 2.11. The molecule has 1 aromatic carbocycles. The molecule has 0 aromatic heterocycles. The summed E-state index contributed by atoms with van der Waals surface area (Å²) in [6, 6.07) is 4.49. The minimum absolute atomic E-state index is 0.148. The highest BCUT2D eigenvalue weighted by molar-refractivity contribution is 9.11. The van der Waals surface area contributed by atoms with Crippen LogP contribution in [0.5, 0.6) is 0 Å². The first-order valence-electron chi connectivity index (χ1n) is 7.29. The van der Waals surface area contributed by atoms with Gasteiger partial charge in [0.1, 0.15) is 0 Å². The molecule has 1 aromatic rings. The molecular formula is C16H23Br2N. The summed E-state index contributed by atoms with van der Waals surface area (Å²) < 4.78 is 2.30. The lowest BCUT2D eigenvalue weighted by molar-refractivity contribution is 0.392. The fourth-order valence-corrected chi connectivity index (χ4v) is 4.14. The van der Waals surface area contributed by atoms with Gasteiger partial charge >= 0.3 is 0 Å². The normalized spacial score (nSPS) is 19.2. The van der Waals surface area contributed by atoms with E-state index in [9.17, 15) is 0 Å². The van der Waals surface area contributed by atoms with Crippen molar-refractivity contribution in [1.29, 1.82) is 0 Å². The average molecular weight is 389 g/mol. The van der Waals surface area contributed by atoms with Gasteiger partial charge in [0.05, 0.1) is 0 Å². The number of hydrogen-bond donors (Lipinski definition) is 1. The van der Waals surface area contributed by atoms with E-state index in [1.54, 1.807) is 0 Å². The van der Waals surface area contributed by atoms with Crippen LogP contribution in [0.4, 0.5) is 0 Å². The first kappa shape index (κ1) is 15.5. The highest BCUT2D eigenvalue weighted by atomic mass is 79.9. The van der Waals surface area contributed by atoms with Gasteiger partial charge in [0.2, 0.25) is 0 Å². The van der Waals surface area contributed by atoms with Gasteiger partial charge in [-0.1, -0.05) is 70.4 Å². The smallest absolute Gasteiger partial charge is 0.0309 e. The van der Waals surface area contributed by atoms with Crippen molar-refractivity contribution >= 4 is 31.9 Å². The highest BCUT2D eigenvalue weighted by Crippen LogP contribution is 2.34. The molecule has 1 fully saturated rings. The quantitative estimate of drug-likeness (QED) is 0.642. The Morgan fingerprint density at radius 3 is 2.37 bits per heavy atom. The Hall–Kier alpha value is 0.140. The topological polar surface area (TPSA) is 26.0 Å². The molecule has 1 unspecified atom stereocenters. The van der Waals surface area contributed by atoms with Gasteiger partial charge in [-0.05, 0) is 42.5 Å². The van der Waals surface area contributed by atoms with E-state index in [1.807, 2.05) is 0 Å². The van der Waals surface area contributed by atoms with Crippen molar-refractivity contribution in [1.82, 2.24) is 0 Å². The van der Waals surface area contributed by atoms with Crippen LogP contribution in [-0.4, -0.2) is 0 Å². The van der Waals surface area contributed by atoms with E-state index >= 15 is 0 Å². The molecular weight excluding hydrogens is 366 g/mol. The van der Waals surface area contributed by atoms with Crippen molar-refractivity contribution in [2.45, 2.75) is 57.9 Å². The molecule has 0 amide bonds. The summed E-state index contributed by atoms with van der Waals surface area (Å²) in [5, 5.41) is 0. The number of rotatable bonds is 3. The molecule has 19 heavy (non-hydrogen) atoms. The molecule has 1 saturated carbocycles. The Morgan fingerprint density at radius 1 is 1.11 bits per heavy atom. The Balaban J connectivity index is 2.06. The highest BCUT2D eigenvalue weighted by Gasteiger charge is 2.19. The molecule has 1 aliphatic carbocycles. The second-order valence-electron chi connectivity index (χ2n) is 5.82. The van der Waals surface area contributed by atoms with Crippen LogP contribution < -0.4 is 5.73 Å². The number of hydrogen-bond acceptors (Lipinski definition) is 1. The van der Waals surface area contributed by atoms with Crippen LogP contribution in [0.25, 0.3) is 0 Å². The van der Waals surface area contributed by atoms with Gasteiger partial charge in [0, 0.05) is 15.0 Å². The zero-order chi connectivity index (χ0) is 13.8. The first-order chi connectivity index (χ1) is 9.08. The van der Waals surface area contributed by atoms with Crippen molar-refractivity contribution in [2.24, 2.45) is 11.7 Å². The van der Waals surface area contributed by atoms with Crippen LogP contribution in [0.15, 0.2) is 21.1 Å². The molecule has 1 nitrogen and oxygen atoms in total. The third kappa shape index (κ3) is 4.30. The number of nitrogens with two attached hydrogens (primary N) is 1. The van der Waals surface area contributed by atoms with Gasteiger partial charge in [-0.25, -0.2) is 0 Å². The fourth-order valence-electron chi connectivity index (χ4n) is 3.03. The molecule has 2 N–H and O–H groups in total. The summed E-state index contributed by atoms with van der Waals surface area (Å²) in [5.74, 6) is 0.810. The molecule has 1 aliphatic rings. The van der Waals surface area contributed by atoms with E-state index < -0.39 is 0 Å². The maximum Gasteiger partial charge on any atom is 0.0309 e. The molecule has 0 saturated heterocycles. The van der Waals surface area contributed by atoms with Crippen molar-refractivity contribution in [2.75, 3.05) is 0 Å². The molecule has 0 spiro atoms. The Kier molecular flexibility index (Phi) is 5.91. The van der Waals surface area contributed by atoms with Crippen molar-refractivity contribution in [3.8, 4) is 0 Å². The Bertz CT molecular complexity index is 423. The van der Waals surface area contributed by atoms with Gasteiger partial charge in [0.25, 0.3) is 0 Å². The summed E-state index contributed by atoms with van der Waals surface area (Å²) in [5.41, 5.74) is 8.93. The third-order valence-electron chi connectivity index (χ3n) is 4.24. The summed E-state index contributed by atoms with van der Waals surface area (Å²) in [7, 11) is 0. The van der Waals surface area contributed by atoms with E-state index in [-0.39, 0.29) is 6.04 Å². The lowest BCUT2D eigenvalue weighted by Gasteiger charge is -2.21. The van der Waals surface area contributed by atoms with E-state index in [1.165, 1.54) is 49.7 Å². The molecule has 106 valence electrons. The lowest BCUT2D eigenvalue weighted by atomic mass is 9.90. The summed E-state index contributed by atoms with van der Waals surface area (Å²) >= 11 is 7.27. The number of halogens is 2. The molecule has 0 bridgehead atoms. The zero-order valence-electron chi connectivity index (χ0n) is 11.6. The standard InChI is InChI=1S/C16H23Br2N/c1-11-8-15(18)13(10-14(11)17)16(19)9-12-6-4-2-3-5-7-12/h8,10,12,16H,2-7,9,19H2,1H3. The molecule has 0 radical (unpaired) electrons. The number of benzene rings is 1. The SMILES string of the molecule is Cc1cc(Br)c(C(N)CC2CCCCCC2)cc1Br. The van der Waals surface area contributed by atoms with Crippen molar-refractivity contribution in [3.63, 3.8) is 0 Å². The van der Waals surface area contributed by atoms with Gasteiger partial charge in [-0.3, -0.25) is 0 Å². The van der Waals surface area contributed by atoms with Crippen LogP contribution in [0.1, 0.15) is 62.1 Å². The second-order valence-corrected chi connectivity index (χ2v) is 7.53. The van der Waals surface area contributed by atoms with E-state index in [0.717, 1.165) is 21.3 Å². The maximum absolute atomic E-state index is 6.45. The fraction of sp³-hybridized carbons (Fsp3) is 0.625. The summed E-state index contributed by atoms with van der Waals surface area (Å²) in [4.78, 5) is 0. The Morgan fingerprint density at radius 2 is 1.74 bits per heavy atom. The predicted molar refractivity (Wildman–Crippen MR) is 89.3 cm³/mol. The summed E-state index contributed by atoms with van der Waals surface area (Å²) in [6.07, 6.45) is 9.42. The molecule has 0 heterocycles. The molecule has 2 rings (SSSR count). The van der Waals surface area contributed by atoms with Crippen LogP contribution in [0.2, 0.25) is 0 Å². The van der Waals surface area contributed by atoms with E-state index in [4.69, 9.17) is 5.73 Å². The van der Waals surface area contributed by atoms with Crippen molar-refractivity contribution in [3.05, 3.63) is 32.2 Å². The van der Waals surface area contributed by atoms with Crippen LogP contribution in [-0.2, 0) is 0 Å². The molecule has 3 heteroatoms. The predicted octanol–water partition coefficient (Wildman–Crippen LogP) is 5.88. The maximum atomic E-state index is 6.45. The Labute approximate surface area is 133 Å². The van der Waals surface area contributed by atoms with Gasteiger partial charge < -0.3 is 5.73 Å². The third-order valence-corrected chi connectivity index (χ3v) is 5.78. The number of aryl methyl sites for hydroxylation is 1.